The van der Waals surface area contributed by atoms with E-state index >= 15 is 0 Å². The minimum absolute atomic E-state index is 0.0247. The molecule has 2 nitrogen and oxygen atoms in total. The maximum absolute atomic E-state index is 12.4. The van der Waals surface area contributed by atoms with Crippen LogP contribution in [-0.4, -0.2) is 5.78 Å². The van der Waals surface area contributed by atoms with Gasteiger partial charge in [-0.1, -0.05) is 54.1 Å². The van der Waals surface area contributed by atoms with Crippen molar-refractivity contribution in [1.29, 1.82) is 0 Å². The molecule has 0 spiro atoms. The zero-order valence-corrected chi connectivity index (χ0v) is 14.0. The Bertz CT molecular complexity index is 834. The Balaban J connectivity index is 1.69. The second-order valence-corrected chi connectivity index (χ2v) is 5.94. The highest BCUT2D eigenvalue weighted by molar-refractivity contribution is 6.08. The van der Waals surface area contributed by atoms with Gasteiger partial charge in [-0.15, -0.1) is 0 Å². The van der Waals surface area contributed by atoms with Gasteiger partial charge in [0.1, 0.15) is 12.4 Å². The topological polar surface area (TPSA) is 26.3 Å². The Morgan fingerprint density at radius 3 is 2.21 bits per heavy atom. The van der Waals surface area contributed by atoms with Gasteiger partial charge >= 0.3 is 0 Å². The van der Waals surface area contributed by atoms with Crippen LogP contribution in [0.4, 0.5) is 0 Å². The smallest absolute Gasteiger partial charge is 0.193 e. The molecule has 2 heteroatoms. The van der Waals surface area contributed by atoms with Gasteiger partial charge in [0, 0.05) is 11.1 Å². The van der Waals surface area contributed by atoms with Gasteiger partial charge in [-0.05, 0) is 49.2 Å². The second-order valence-electron chi connectivity index (χ2n) is 5.94. The van der Waals surface area contributed by atoms with Crippen LogP contribution in [0.1, 0.15) is 32.6 Å². The van der Waals surface area contributed by atoms with Gasteiger partial charge in [0.2, 0.25) is 0 Å². The third-order valence-corrected chi connectivity index (χ3v) is 4.05. The molecule has 0 unspecified atom stereocenters. The number of carbonyl (C=O) groups excluding carboxylic acids is 1. The second kappa shape index (κ2) is 7.14. The molecule has 0 aliphatic rings. The Hall–Kier alpha value is -2.87. The largest absolute Gasteiger partial charge is 0.489 e. The molecular weight excluding hydrogens is 296 g/mol. The van der Waals surface area contributed by atoms with Crippen molar-refractivity contribution in [2.75, 3.05) is 0 Å². The number of benzene rings is 3. The molecule has 0 aromatic heterocycles. The van der Waals surface area contributed by atoms with Gasteiger partial charge in [-0.3, -0.25) is 4.79 Å². The fraction of sp³-hybridized carbons (Fsp3) is 0.136. The highest BCUT2D eigenvalue weighted by Crippen LogP contribution is 2.18. The first-order valence-electron chi connectivity index (χ1n) is 8.02. The summed E-state index contributed by atoms with van der Waals surface area (Å²) < 4.78 is 5.86. The van der Waals surface area contributed by atoms with Crippen LogP contribution in [0.15, 0.2) is 72.8 Å². The number of carbonyl (C=O) groups is 1. The van der Waals surface area contributed by atoms with Crippen molar-refractivity contribution in [1.82, 2.24) is 0 Å². The van der Waals surface area contributed by atoms with E-state index in [-0.39, 0.29) is 5.78 Å². The first-order chi connectivity index (χ1) is 11.6. The minimum atomic E-state index is 0.0247. The van der Waals surface area contributed by atoms with Crippen molar-refractivity contribution in [2.24, 2.45) is 0 Å². The third kappa shape index (κ3) is 3.72. The van der Waals surface area contributed by atoms with E-state index in [4.69, 9.17) is 4.74 Å². The first kappa shape index (κ1) is 16.0. The summed E-state index contributed by atoms with van der Waals surface area (Å²) in [4.78, 5) is 12.4. The molecule has 0 aliphatic heterocycles. The monoisotopic (exact) mass is 316 g/mol. The Kier molecular flexibility index (Phi) is 4.76. The van der Waals surface area contributed by atoms with Crippen LogP contribution >= 0.6 is 0 Å². The van der Waals surface area contributed by atoms with E-state index in [2.05, 4.69) is 32.0 Å². The number of hydrogen-bond donors (Lipinski definition) is 0. The molecule has 0 atom stereocenters. The molecule has 0 aliphatic carbocycles. The number of ketones is 1. The van der Waals surface area contributed by atoms with Crippen LogP contribution < -0.4 is 4.74 Å². The lowest BCUT2D eigenvalue weighted by Gasteiger charge is -2.10. The van der Waals surface area contributed by atoms with E-state index < -0.39 is 0 Å². The summed E-state index contributed by atoms with van der Waals surface area (Å²) in [5, 5.41) is 0. The minimum Gasteiger partial charge on any atom is -0.489 e. The van der Waals surface area contributed by atoms with Crippen molar-refractivity contribution in [3.8, 4) is 5.75 Å². The fourth-order valence-corrected chi connectivity index (χ4v) is 2.58. The summed E-state index contributed by atoms with van der Waals surface area (Å²) in [7, 11) is 0. The van der Waals surface area contributed by atoms with Crippen LogP contribution in [0, 0.1) is 13.8 Å². The normalized spacial score (nSPS) is 10.4. The Morgan fingerprint density at radius 1 is 0.833 bits per heavy atom. The molecule has 0 radical (unpaired) electrons. The van der Waals surface area contributed by atoms with Crippen LogP contribution in [-0.2, 0) is 6.61 Å². The predicted octanol–water partition coefficient (Wildman–Crippen LogP) is 5.11. The number of aryl methyl sites for hydroxylation is 2. The quantitative estimate of drug-likeness (QED) is 0.611. The van der Waals surface area contributed by atoms with Gasteiger partial charge in [0.15, 0.2) is 5.78 Å². The molecule has 3 aromatic carbocycles. The summed E-state index contributed by atoms with van der Waals surface area (Å²) in [6.45, 7) is 4.69. The molecule has 120 valence electrons. The van der Waals surface area contributed by atoms with Crippen molar-refractivity contribution in [2.45, 2.75) is 20.5 Å². The van der Waals surface area contributed by atoms with Gasteiger partial charge in [-0.25, -0.2) is 0 Å². The van der Waals surface area contributed by atoms with Crippen molar-refractivity contribution in [3.63, 3.8) is 0 Å². The van der Waals surface area contributed by atoms with Crippen LogP contribution in [0.2, 0.25) is 0 Å². The third-order valence-electron chi connectivity index (χ3n) is 4.05. The SMILES string of the molecule is Cc1ccc(C)c(COc2ccc(C(=O)c3ccccc3)cc2)c1. The van der Waals surface area contributed by atoms with Gasteiger partial charge in [-0.2, -0.15) is 0 Å². The van der Waals surface area contributed by atoms with Crippen LogP contribution in [0.3, 0.4) is 0 Å². The summed E-state index contributed by atoms with van der Waals surface area (Å²) in [6.07, 6.45) is 0. The van der Waals surface area contributed by atoms with Gasteiger partial charge in [0.25, 0.3) is 0 Å². The molecule has 3 rings (SSSR count). The van der Waals surface area contributed by atoms with E-state index in [0.29, 0.717) is 17.7 Å². The van der Waals surface area contributed by atoms with Crippen molar-refractivity contribution >= 4 is 5.78 Å². The highest BCUT2D eigenvalue weighted by atomic mass is 16.5. The van der Waals surface area contributed by atoms with E-state index in [1.165, 1.54) is 16.7 Å². The van der Waals surface area contributed by atoms with Crippen LogP contribution in [0.5, 0.6) is 5.75 Å². The zero-order valence-electron chi connectivity index (χ0n) is 14.0. The number of rotatable bonds is 5. The molecule has 24 heavy (non-hydrogen) atoms. The maximum atomic E-state index is 12.4. The first-order valence-corrected chi connectivity index (χ1v) is 8.02. The molecule has 0 saturated carbocycles. The van der Waals surface area contributed by atoms with E-state index in [1.807, 2.05) is 54.6 Å². The van der Waals surface area contributed by atoms with E-state index in [0.717, 1.165) is 5.75 Å². The molecule has 0 heterocycles. The molecule has 0 amide bonds. The van der Waals surface area contributed by atoms with Crippen LogP contribution in [0.25, 0.3) is 0 Å². The average molecular weight is 316 g/mol. The van der Waals surface area contributed by atoms with Crippen molar-refractivity contribution in [3.05, 3.63) is 101 Å². The summed E-state index contributed by atoms with van der Waals surface area (Å²) in [5.74, 6) is 0.789. The van der Waals surface area contributed by atoms with Gasteiger partial charge in [0.05, 0.1) is 0 Å². The van der Waals surface area contributed by atoms with E-state index in [9.17, 15) is 4.79 Å². The number of ether oxygens (including phenoxy) is 1. The molecule has 3 aromatic rings. The Labute approximate surface area is 142 Å². The fourth-order valence-electron chi connectivity index (χ4n) is 2.58. The lowest BCUT2D eigenvalue weighted by Crippen LogP contribution is -2.02. The standard InChI is InChI=1S/C22H20O2/c1-16-8-9-17(2)20(14-16)15-24-21-12-10-19(11-13-21)22(23)18-6-4-3-5-7-18/h3-14H,15H2,1-2H3. The average Bonchev–Trinajstić information content (AvgIpc) is 2.63. The summed E-state index contributed by atoms with van der Waals surface area (Å²) in [5.41, 5.74) is 4.99. The van der Waals surface area contributed by atoms with Crippen molar-refractivity contribution < 1.29 is 9.53 Å². The Morgan fingerprint density at radius 2 is 1.50 bits per heavy atom. The molecule has 0 saturated heterocycles. The molecule has 0 bridgehead atoms. The molecule has 0 fully saturated rings. The van der Waals surface area contributed by atoms with E-state index in [1.54, 1.807) is 0 Å². The number of hydrogen-bond acceptors (Lipinski definition) is 2. The lowest BCUT2D eigenvalue weighted by molar-refractivity contribution is 0.103. The maximum Gasteiger partial charge on any atom is 0.193 e. The molecular formula is C22H20O2. The predicted molar refractivity (Wildman–Crippen MR) is 96.6 cm³/mol. The highest BCUT2D eigenvalue weighted by Gasteiger charge is 2.08. The zero-order chi connectivity index (χ0) is 16.9. The van der Waals surface area contributed by atoms with Gasteiger partial charge < -0.3 is 4.74 Å². The summed E-state index contributed by atoms with van der Waals surface area (Å²) >= 11 is 0. The summed E-state index contributed by atoms with van der Waals surface area (Å²) in [6, 6.07) is 23.0. The lowest BCUT2D eigenvalue weighted by atomic mass is 10.0. The molecule has 0 N–H and O–H groups in total.